The highest BCUT2D eigenvalue weighted by atomic mass is 16.7. The zero-order valence-corrected chi connectivity index (χ0v) is 12.0. The summed E-state index contributed by atoms with van der Waals surface area (Å²) in [4.78, 5) is 20.5. The van der Waals surface area contributed by atoms with Crippen molar-refractivity contribution in [3.8, 4) is 12.2 Å². The normalized spacial score (nSPS) is 9.09. The average molecular weight is 313 g/mol. The van der Waals surface area contributed by atoms with E-state index in [9.17, 15) is 4.79 Å². The molecule has 0 spiro atoms. The van der Waals surface area contributed by atoms with Crippen LogP contribution in [0.5, 0.6) is 0 Å². The quantitative estimate of drug-likeness (QED) is 0.328. The molecule has 2 rings (SSSR count). The maximum atomic E-state index is 11.8. The third kappa shape index (κ3) is 5.84. The molecule has 0 saturated carbocycles. The van der Waals surface area contributed by atoms with Crippen molar-refractivity contribution in [2.24, 2.45) is 5.90 Å². The Balaban J connectivity index is 1.79. The van der Waals surface area contributed by atoms with Gasteiger partial charge in [-0.15, -0.1) is 0 Å². The van der Waals surface area contributed by atoms with Crippen molar-refractivity contribution in [1.82, 2.24) is 5.59 Å². The highest BCUT2D eigenvalue weighted by molar-refractivity contribution is 5.99. The molecule has 0 aliphatic carbocycles. The second-order valence-corrected chi connectivity index (χ2v) is 4.17. The third-order valence-electron chi connectivity index (χ3n) is 2.57. The Labute approximate surface area is 132 Å². The van der Waals surface area contributed by atoms with Gasteiger partial charge in [-0.05, 0) is 36.4 Å². The number of carbonyl (C=O) groups is 1. The topological polar surface area (TPSA) is 110 Å². The lowest BCUT2D eigenvalue weighted by Gasteiger charge is -2.09. The van der Waals surface area contributed by atoms with Crippen molar-refractivity contribution in [3.63, 3.8) is 0 Å². The number of urea groups is 1. The number of para-hydroxylation sites is 1. The molecule has 0 aromatic heterocycles. The molecule has 23 heavy (non-hydrogen) atoms. The minimum Gasteiger partial charge on any atom is -0.355 e. The molecule has 0 aliphatic heterocycles. The van der Waals surface area contributed by atoms with Gasteiger partial charge in [-0.2, -0.15) is 5.90 Å². The number of amides is 2. The first-order valence-electron chi connectivity index (χ1n) is 6.53. The summed E-state index contributed by atoms with van der Waals surface area (Å²) in [6.07, 6.45) is 4.16. The second-order valence-electron chi connectivity index (χ2n) is 4.17. The molecule has 2 aromatic rings. The van der Waals surface area contributed by atoms with Gasteiger partial charge in [0.15, 0.2) is 12.2 Å². The Bertz CT molecular complexity index is 680. The first-order valence-corrected chi connectivity index (χ1v) is 6.53. The fraction of sp³-hybridized carbons (Fsp3) is 0. The molecule has 0 heterocycles. The van der Waals surface area contributed by atoms with Gasteiger partial charge in [-0.1, -0.05) is 23.8 Å². The van der Waals surface area contributed by atoms with E-state index in [1.54, 1.807) is 36.4 Å². The standard InChI is InChI=1S/C15H15N5O3/c16-22-10-11-23-20-19-14-8-6-13(7-9-14)18-15(21)17-12-4-2-1-3-5-12/h1-9,19-20H,16H2,(H2,17,18,21). The lowest BCUT2D eigenvalue weighted by molar-refractivity contribution is 0.175. The molecule has 6 N–H and O–H groups in total. The summed E-state index contributed by atoms with van der Waals surface area (Å²) < 4.78 is 0. The number of hydrazine groups is 1. The van der Waals surface area contributed by atoms with Gasteiger partial charge in [0, 0.05) is 11.4 Å². The minimum absolute atomic E-state index is 0.324. The number of anilines is 3. The van der Waals surface area contributed by atoms with Crippen LogP contribution in [0.25, 0.3) is 0 Å². The fourth-order valence-electron chi connectivity index (χ4n) is 1.61. The Kier molecular flexibility index (Phi) is 6.10. The maximum absolute atomic E-state index is 11.8. The molecule has 0 fully saturated rings. The number of nitrogens with one attached hydrogen (secondary N) is 4. The summed E-state index contributed by atoms with van der Waals surface area (Å²) in [6, 6.07) is 15.8. The first-order chi connectivity index (χ1) is 11.3. The van der Waals surface area contributed by atoms with Crippen LogP contribution >= 0.6 is 0 Å². The molecule has 2 aromatic carbocycles. The fourth-order valence-corrected chi connectivity index (χ4v) is 1.61. The highest BCUT2D eigenvalue weighted by Gasteiger charge is 2.02. The molecule has 2 amide bonds. The number of rotatable bonds is 5. The summed E-state index contributed by atoms with van der Waals surface area (Å²) in [5.74, 6) is 4.69. The van der Waals surface area contributed by atoms with E-state index in [1.165, 1.54) is 0 Å². The second kappa shape index (κ2) is 8.78. The van der Waals surface area contributed by atoms with E-state index in [0.29, 0.717) is 17.1 Å². The molecule has 0 atom stereocenters. The van der Waals surface area contributed by atoms with E-state index in [0.717, 1.165) is 0 Å². The molecule has 0 saturated heterocycles. The third-order valence-corrected chi connectivity index (χ3v) is 2.57. The lowest BCUT2D eigenvalue weighted by atomic mass is 10.3. The monoisotopic (exact) mass is 313 g/mol. The highest BCUT2D eigenvalue weighted by Crippen LogP contribution is 2.13. The Morgan fingerprint density at radius 1 is 0.870 bits per heavy atom. The zero-order valence-electron chi connectivity index (χ0n) is 12.0. The smallest absolute Gasteiger partial charge is 0.323 e. The van der Waals surface area contributed by atoms with Crippen molar-refractivity contribution >= 4 is 23.1 Å². The molecular formula is C15H15N5O3. The van der Waals surface area contributed by atoms with Crippen molar-refractivity contribution < 1.29 is 14.5 Å². The van der Waals surface area contributed by atoms with Crippen LogP contribution in [0.1, 0.15) is 0 Å². The molecule has 0 bridgehead atoms. The molecule has 0 aliphatic rings. The van der Waals surface area contributed by atoms with Crippen LogP contribution < -0.4 is 27.5 Å². The van der Waals surface area contributed by atoms with Gasteiger partial charge in [0.05, 0.1) is 5.69 Å². The van der Waals surface area contributed by atoms with E-state index in [1.807, 2.05) is 24.3 Å². The van der Waals surface area contributed by atoms with Crippen LogP contribution in [0.15, 0.2) is 54.6 Å². The predicted octanol–water partition coefficient (Wildman–Crippen LogP) is 1.99. The van der Waals surface area contributed by atoms with Gasteiger partial charge in [-0.3, -0.25) is 5.43 Å². The Hall–Kier alpha value is -3.41. The van der Waals surface area contributed by atoms with Crippen molar-refractivity contribution in [3.05, 3.63) is 54.6 Å². The van der Waals surface area contributed by atoms with Gasteiger partial charge < -0.3 is 20.3 Å². The molecule has 8 heteroatoms. The van der Waals surface area contributed by atoms with Gasteiger partial charge in [0.1, 0.15) is 0 Å². The van der Waals surface area contributed by atoms with Gasteiger partial charge in [-0.25, -0.2) is 4.79 Å². The molecule has 0 radical (unpaired) electrons. The largest absolute Gasteiger partial charge is 0.355 e. The van der Waals surface area contributed by atoms with E-state index >= 15 is 0 Å². The Morgan fingerprint density at radius 3 is 2.13 bits per heavy atom. The van der Waals surface area contributed by atoms with Gasteiger partial charge in [0.25, 0.3) is 0 Å². The summed E-state index contributed by atoms with van der Waals surface area (Å²) >= 11 is 0. The van der Waals surface area contributed by atoms with Gasteiger partial charge in [0.2, 0.25) is 0 Å². The Morgan fingerprint density at radius 2 is 1.48 bits per heavy atom. The van der Waals surface area contributed by atoms with Crippen LogP contribution in [0.2, 0.25) is 0 Å². The van der Waals surface area contributed by atoms with Crippen LogP contribution in [0, 0.1) is 12.2 Å². The summed E-state index contributed by atoms with van der Waals surface area (Å²) in [7, 11) is 0. The molecule has 118 valence electrons. The van der Waals surface area contributed by atoms with Crippen molar-refractivity contribution in [2.75, 3.05) is 16.1 Å². The number of nitrogens with two attached hydrogens (primary N) is 1. The summed E-state index contributed by atoms with van der Waals surface area (Å²) in [5, 5.41) is 5.44. The van der Waals surface area contributed by atoms with Gasteiger partial charge >= 0.3 is 6.03 Å². The molecule has 8 nitrogen and oxygen atoms in total. The van der Waals surface area contributed by atoms with E-state index in [2.05, 4.69) is 43.3 Å². The zero-order chi connectivity index (χ0) is 16.3. The van der Waals surface area contributed by atoms with Crippen molar-refractivity contribution in [2.45, 2.75) is 0 Å². The van der Waals surface area contributed by atoms with Crippen LogP contribution in [0.3, 0.4) is 0 Å². The number of hydrogen-bond donors (Lipinski definition) is 5. The minimum atomic E-state index is -0.324. The summed E-state index contributed by atoms with van der Waals surface area (Å²) in [5.41, 5.74) is 7.15. The van der Waals surface area contributed by atoms with Crippen LogP contribution in [-0.4, -0.2) is 6.03 Å². The van der Waals surface area contributed by atoms with Crippen LogP contribution in [0.4, 0.5) is 21.9 Å². The van der Waals surface area contributed by atoms with E-state index in [-0.39, 0.29) is 6.03 Å². The number of benzene rings is 2. The number of carbonyl (C=O) groups excluding carboxylic acids is 1. The van der Waals surface area contributed by atoms with E-state index < -0.39 is 0 Å². The maximum Gasteiger partial charge on any atom is 0.323 e. The summed E-state index contributed by atoms with van der Waals surface area (Å²) in [6.45, 7) is 0. The lowest BCUT2D eigenvalue weighted by Crippen LogP contribution is -2.20. The number of hydrogen-bond acceptors (Lipinski definition) is 6. The van der Waals surface area contributed by atoms with Crippen molar-refractivity contribution in [1.29, 1.82) is 0 Å². The molecule has 0 unspecified atom stereocenters. The first kappa shape index (κ1) is 16.0. The predicted molar refractivity (Wildman–Crippen MR) is 86.4 cm³/mol. The SMILES string of the molecule is NOC#CONNc1ccc(NC(=O)Nc2ccccc2)cc1. The van der Waals surface area contributed by atoms with Crippen LogP contribution in [-0.2, 0) is 9.68 Å². The molecular weight excluding hydrogens is 298 g/mol. The average Bonchev–Trinajstić information content (AvgIpc) is 2.57. The van der Waals surface area contributed by atoms with E-state index in [4.69, 9.17) is 0 Å².